The van der Waals surface area contributed by atoms with Crippen molar-refractivity contribution in [2.24, 2.45) is 5.41 Å². The van der Waals surface area contributed by atoms with Gasteiger partial charge in [-0.1, -0.05) is 83.4 Å². The molecular weight excluding hydrogens is 913 g/mol. The maximum atomic E-state index is 14.1. The third-order valence-corrected chi connectivity index (χ3v) is 14.7. The molecule has 0 bridgehead atoms. The van der Waals surface area contributed by atoms with Crippen LogP contribution in [0.3, 0.4) is 0 Å². The van der Waals surface area contributed by atoms with Crippen LogP contribution in [0, 0.1) is 19.3 Å². The lowest BCUT2D eigenvalue weighted by Gasteiger charge is -2.35. The van der Waals surface area contributed by atoms with Gasteiger partial charge in [0.2, 0.25) is 17.7 Å². The summed E-state index contributed by atoms with van der Waals surface area (Å²) < 4.78 is 8.44. The first-order chi connectivity index (χ1) is 34.0. The number of ether oxygens (including phenoxy) is 1. The highest BCUT2D eigenvalue weighted by Gasteiger charge is 2.44. The van der Waals surface area contributed by atoms with E-state index in [1.165, 1.54) is 4.90 Å². The molecule has 6 aromatic rings. The molecular formula is C57H72N6O7S. The van der Waals surface area contributed by atoms with Gasteiger partial charge in [0.05, 0.1) is 33.9 Å². The van der Waals surface area contributed by atoms with Crippen molar-refractivity contribution in [2.75, 3.05) is 32.8 Å². The SMILES string of the molecule is CCN(CCCCCCCC(=O)N[C@H](C(=O)N1C[C@H](O)C[C@H]1C(=O)N[C@@H](C)c1ccc(-c2scnc2C)cc1)C(C)(C)C)CCOc1ccc(Cn2c(-c3ccc(O)cc3)c(C)c3cc(O)ccc32)cc1. The number of aliphatic hydroxyl groups excluding tert-OH is 1. The third-order valence-electron chi connectivity index (χ3n) is 13.8. The summed E-state index contributed by atoms with van der Waals surface area (Å²) in [5.74, 6) is 0.376. The zero-order chi connectivity index (χ0) is 50.8. The van der Waals surface area contributed by atoms with Crippen LogP contribution >= 0.6 is 11.3 Å². The van der Waals surface area contributed by atoms with Gasteiger partial charge in [-0.15, -0.1) is 11.3 Å². The van der Waals surface area contributed by atoms with Gasteiger partial charge in [0.15, 0.2) is 0 Å². The van der Waals surface area contributed by atoms with Crippen LogP contribution in [0.15, 0.2) is 96.5 Å². The molecule has 0 saturated carbocycles. The first-order valence-electron chi connectivity index (χ1n) is 25.1. The van der Waals surface area contributed by atoms with Crippen LogP contribution in [0.5, 0.6) is 17.2 Å². The highest BCUT2D eigenvalue weighted by Crippen LogP contribution is 2.37. The fraction of sp³-hybridized carbons (Fsp3) is 0.439. The number of likely N-dealkylation sites (N-methyl/N-ethyl adjacent to an activating group) is 1. The molecule has 4 atom stereocenters. The van der Waals surface area contributed by atoms with Crippen LogP contribution in [-0.2, 0) is 20.9 Å². The average Bonchev–Trinajstić information content (AvgIpc) is 4.04. The standard InChI is InChI=1S/C57H72N6O7S/c1-8-61(30-31-70-47-26-15-40(16-27-47)34-62-49-28-25-45(65)32-48(49)37(2)52(62)42-21-23-44(64)24-22-42)29-13-11-9-10-12-14-51(67)60-54(57(5,6)7)56(69)63-35-46(66)33-50(63)55(68)59-38(3)41-17-19-43(20-18-41)53-39(4)58-36-71-53/h15-28,32,36,38,46,50,54,64-66H,8-14,29-31,33-35H2,1-7H3,(H,59,68)(H,60,67)/t38-,46+,50-,54+/m0/s1. The Bertz CT molecular complexity index is 2730. The Balaban J connectivity index is 0.810. The van der Waals surface area contributed by atoms with E-state index in [1.54, 1.807) is 35.6 Å². The normalized spacial score (nSPS) is 15.8. The Morgan fingerprint density at radius 1 is 0.859 bits per heavy atom. The number of unbranched alkanes of at least 4 members (excludes halogenated alkanes) is 4. The highest BCUT2D eigenvalue weighted by molar-refractivity contribution is 7.13. The van der Waals surface area contributed by atoms with Crippen molar-refractivity contribution in [1.82, 2.24) is 30.0 Å². The molecule has 378 valence electrons. The van der Waals surface area contributed by atoms with Gasteiger partial charge in [0.1, 0.15) is 35.9 Å². The molecule has 0 unspecified atom stereocenters. The fourth-order valence-electron chi connectivity index (χ4n) is 9.66. The predicted octanol–water partition coefficient (Wildman–Crippen LogP) is 9.92. The molecule has 3 amide bonds. The van der Waals surface area contributed by atoms with E-state index in [0.717, 1.165) is 106 Å². The van der Waals surface area contributed by atoms with Crippen molar-refractivity contribution in [2.45, 2.75) is 124 Å². The minimum atomic E-state index is -0.857. The number of aromatic hydroxyl groups is 2. The summed E-state index contributed by atoms with van der Waals surface area (Å²) in [5, 5.41) is 37.9. The number of carbonyl (C=O) groups excluding carboxylic acids is 3. The molecule has 3 heterocycles. The number of aryl methyl sites for hydroxylation is 2. The molecule has 0 aliphatic carbocycles. The van der Waals surface area contributed by atoms with Crippen molar-refractivity contribution in [1.29, 1.82) is 0 Å². The second-order valence-electron chi connectivity index (χ2n) is 20.1. The van der Waals surface area contributed by atoms with E-state index >= 15 is 0 Å². The number of phenolic OH excluding ortho intramolecular Hbond substituents is 2. The summed E-state index contributed by atoms with van der Waals surface area (Å²) in [4.78, 5) is 50.4. The summed E-state index contributed by atoms with van der Waals surface area (Å²) in [6.45, 7) is 17.7. The van der Waals surface area contributed by atoms with Crippen LogP contribution in [-0.4, -0.2) is 103 Å². The number of nitrogens with zero attached hydrogens (tertiary/aromatic N) is 4. The number of phenols is 2. The zero-order valence-electron chi connectivity index (χ0n) is 42.4. The van der Waals surface area contributed by atoms with E-state index < -0.39 is 23.6 Å². The zero-order valence-corrected chi connectivity index (χ0v) is 43.2. The Kier molecular flexibility index (Phi) is 17.6. The molecule has 1 aliphatic heterocycles. The summed E-state index contributed by atoms with van der Waals surface area (Å²) in [7, 11) is 0. The number of aliphatic hydroxyl groups is 1. The smallest absolute Gasteiger partial charge is 0.246 e. The monoisotopic (exact) mass is 985 g/mol. The second-order valence-corrected chi connectivity index (χ2v) is 21.0. The maximum absolute atomic E-state index is 14.1. The van der Waals surface area contributed by atoms with E-state index in [2.05, 4.69) is 51.1 Å². The number of nitrogens with one attached hydrogen (secondary N) is 2. The van der Waals surface area contributed by atoms with Crippen LogP contribution in [0.2, 0.25) is 0 Å². The van der Waals surface area contributed by atoms with Gasteiger partial charge in [-0.3, -0.25) is 14.4 Å². The molecule has 1 aliphatic rings. The van der Waals surface area contributed by atoms with Gasteiger partial charge in [0, 0.05) is 43.4 Å². The molecule has 1 saturated heterocycles. The topological polar surface area (TPSA) is 169 Å². The van der Waals surface area contributed by atoms with Crippen molar-refractivity contribution in [3.05, 3.63) is 119 Å². The Hall–Kier alpha value is -6.22. The minimum Gasteiger partial charge on any atom is -0.508 e. The summed E-state index contributed by atoms with van der Waals surface area (Å²) >= 11 is 1.59. The fourth-order valence-corrected chi connectivity index (χ4v) is 10.5. The van der Waals surface area contributed by atoms with E-state index in [9.17, 15) is 29.7 Å². The van der Waals surface area contributed by atoms with Gasteiger partial charge in [-0.05, 0) is 135 Å². The maximum Gasteiger partial charge on any atom is 0.246 e. The molecule has 2 aromatic heterocycles. The quantitative estimate of drug-likeness (QED) is 0.0416. The number of aromatic nitrogens is 2. The first kappa shape index (κ1) is 52.6. The number of hydrogen-bond acceptors (Lipinski definition) is 10. The van der Waals surface area contributed by atoms with Gasteiger partial charge in [-0.2, -0.15) is 0 Å². The van der Waals surface area contributed by atoms with E-state index in [0.29, 0.717) is 26.0 Å². The molecule has 5 N–H and O–H groups in total. The molecule has 0 spiro atoms. The van der Waals surface area contributed by atoms with Gasteiger partial charge >= 0.3 is 0 Å². The summed E-state index contributed by atoms with van der Waals surface area (Å²) in [6, 6.07) is 26.9. The van der Waals surface area contributed by atoms with Gasteiger partial charge in [0.25, 0.3) is 0 Å². The second kappa shape index (κ2) is 23.8. The minimum absolute atomic E-state index is 0.0288. The Morgan fingerprint density at radius 2 is 1.54 bits per heavy atom. The number of benzene rings is 4. The van der Waals surface area contributed by atoms with Crippen LogP contribution in [0.25, 0.3) is 32.6 Å². The molecule has 4 aromatic carbocycles. The third kappa shape index (κ3) is 13.4. The van der Waals surface area contributed by atoms with Crippen LogP contribution in [0.4, 0.5) is 0 Å². The van der Waals surface area contributed by atoms with E-state index in [-0.39, 0.29) is 48.2 Å². The summed E-state index contributed by atoms with van der Waals surface area (Å²) in [5.41, 5.74) is 9.40. The lowest BCUT2D eigenvalue weighted by atomic mass is 9.85. The molecule has 13 nitrogen and oxygen atoms in total. The first-order valence-corrected chi connectivity index (χ1v) is 26.0. The molecule has 0 radical (unpaired) electrons. The number of likely N-dealkylation sites (tertiary alicyclic amines) is 1. The summed E-state index contributed by atoms with van der Waals surface area (Å²) in [6.07, 6.45) is 4.31. The predicted molar refractivity (Wildman–Crippen MR) is 283 cm³/mol. The number of fused-ring (bicyclic) bond motifs is 1. The van der Waals surface area contributed by atoms with Gasteiger partial charge in [-0.25, -0.2) is 4.98 Å². The number of amides is 3. The lowest BCUT2D eigenvalue weighted by molar-refractivity contribution is -0.144. The van der Waals surface area contributed by atoms with E-state index in [4.69, 9.17) is 4.74 Å². The average molecular weight is 985 g/mol. The Labute approximate surface area is 422 Å². The molecule has 1 fully saturated rings. The molecule has 71 heavy (non-hydrogen) atoms. The highest BCUT2D eigenvalue weighted by atomic mass is 32.1. The van der Waals surface area contributed by atoms with Crippen molar-refractivity contribution in [3.8, 4) is 38.9 Å². The Morgan fingerprint density at radius 3 is 2.21 bits per heavy atom. The number of carbonyl (C=O) groups is 3. The number of thiazole rings is 1. The van der Waals surface area contributed by atoms with Gasteiger partial charge < -0.3 is 45.1 Å². The van der Waals surface area contributed by atoms with Crippen molar-refractivity contribution in [3.63, 3.8) is 0 Å². The molecule has 7 rings (SSSR count). The van der Waals surface area contributed by atoms with E-state index in [1.807, 2.05) is 94.7 Å². The van der Waals surface area contributed by atoms with Crippen LogP contribution < -0.4 is 15.4 Å². The number of rotatable bonds is 22. The number of β-amino-alcohol motifs (C(OH)–C–C–N with tert-alkyl or cyclic N) is 1. The number of hydrogen-bond donors (Lipinski definition) is 5. The largest absolute Gasteiger partial charge is 0.508 e. The molecule has 14 heteroatoms. The lowest BCUT2D eigenvalue weighted by Crippen LogP contribution is -2.57. The van der Waals surface area contributed by atoms with Crippen LogP contribution in [0.1, 0.15) is 108 Å². The van der Waals surface area contributed by atoms with Crippen molar-refractivity contribution < 1.29 is 34.4 Å². The van der Waals surface area contributed by atoms with Crippen molar-refractivity contribution >= 4 is 40.0 Å².